The van der Waals surface area contributed by atoms with Crippen LogP contribution in [-0.2, 0) is 12.8 Å². The minimum Gasteiger partial charge on any atom is -0.478 e. The van der Waals surface area contributed by atoms with E-state index in [1.54, 1.807) is 12.1 Å². The Bertz CT molecular complexity index is 1030. The lowest BCUT2D eigenvalue weighted by molar-refractivity contribution is 0.0696. The molecule has 1 aromatic carbocycles. The van der Waals surface area contributed by atoms with E-state index in [2.05, 4.69) is 9.97 Å². The number of rotatable bonds is 5. The number of aromatic nitrogens is 2. The van der Waals surface area contributed by atoms with Crippen LogP contribution in [0.3, 0.4) is 0 Å². The summed E-state index contributed by atoms with van der Waals surface area (Å²) in [5, 5.41) is 9.35. The van der Waals surface area contributed by atoms with Gasteiger partial charge in [0.1, 0.15) is 5.82 Å². The van der Waals surface area contributed by atoms with Gasteiger partial charge in [-0.2, -0.15) is 0 Å². The molecule has 7 heteroatoms. The highest BCUT2D eigenvalue weighted by atomic mass is 35.5. The van der Waals surface area contributed by atoms with Crippen LogP contribution in [0.1, 0.15) is 32.6 Å². The number of carbonyl (C=O) groups is 1. The highest BCUT2D eigenvalue weighted by Crippen LogP contribution is 2.24. The summed E-state index contributed by atoms with van der Waals surface area (Å²) in [6.07, 6.45) is 4.61. The fourth-order valence-electron chi connectivity index (χ4n) is 2.62. The third-order valence-corrected chi connectivity index (χ3v) is 4.28. The van der Waals surface area contributed by atoms with Gasteiger partial charge in [0.25, 0.3) is 5.56 Å². The van der Waals surface area contributed by atoms with E-state index in [1.807, 2.05) is 0 Å². The number of carboxylic acid groups (broad SMARTS) is 1. The maximum Gasteiger partial charge on any atom is 0.337 e. The molecule has 0 unspecified atom stereocenters. The number of aromatic amines is 1. The molecule has 0 bridgehead atoms. The molecule has 2 N–H and O–H groups in total. The Morgan fingerprint density at radius 1 is 1.15 bits per heavy atom. The van der Waals surface area contributed by atoms with Gasteiger partial charge < -0.3 is 10.1 Å². The van der Waals surface area contributed by atoms with E-state index in [-0.39, 0.29) is 24.0 Å². The second-order valence-electron chi connectivity index (χ2n) is 5.80. The normalized spacial score (nSPS) is 10.7. The van der Waals surface area contributed by atoms with Crippen molar-refractivity contribution < 1.29 is 14.3 Å². The number of hydrogen-bond acceptors (Lipinski definition) is 3. The first-order chi connectivity index (χ1) is 12.4. The van der Waals surface area contributed by atoms with Crippen molar-refractivity contribution in [1.82, 2.24) is 9.97 Å². The van der Waals surface area contributed by atoms with Crippen molar-refractivity contribution in [3.05, 3.63) is 97.9 Å². The lowest BCUT2D eigenvalue weighted by Gasteiger charge is -2.09. The number of H-pyrrole nitrogens is 1. The van der Waals surface area contributed by atoms with E-state index in [9.17, 15) is 14.0 Å². The molecule has 0 atom stereocenters. The number of aromatic carboxylic acids is 1. The highest BCUT2D eigenvalue weighted by molar-refractivity contribution is 6.31. The average Bonchev–Trinajstić information content (AvgIpc) is 2.61. The average molecular weight is 373 g/mol. The third kappa shape index (κ3) is 3.97. The lowest BCUT2D eigenvalue weighted by Crippen LogP contribution is -2.11. The van der Waals surface area contributed by atoms with Gasteiger partial charge in [0.05, 0.1) is 5.56 Å². The van der Waals surface area contributed by atoms with Gasteiger partial charge in [-0.05, 0) is 41.0 Å². The maximum absolute atomic E-state index is 14.5. The Hall–Kier alpha value is -2.99. The van der Waals surface area contributed by atoms with Crippen molar-refractivity contribution in [3.63, 3.8) is 0 Å². The van der Waals surface area contributed by atoms with Gasteiger partial charge in [0.2, 0.25) is 0 Å². The third-order valence-electron chi connectivity index (χ3n) is 3.93. The number of nitrogens with one attached hydrogen (secondary N) is 1. The van der Waals surface area contributed by atoms with E-state index < -0.39 is 11.8 Å². The standard InChI is InChI=1S/C19H14ClFN2O3/c20-16-7-14(4-11-5-15(19(25)26)10-22-9-11)17(21)8-13(16)6-12-2-1-3-23-18(12)24/h1-3,5,7-10H,4,6H2,(H,23,24)(H,25,26). The zero-order chi connectivity index (χ0) is 18.7. The molecule has 0 aliphatic carbocycles. The Kier molecular flexibility index (Phi) is 5.14. The first-order valence-corrected chi connectivity index (χ1v) is 8.12. The first-order valence-electron chi connectivity index (χ1n) is 7.74. The predicted molar refractivity (Wildman–Crippen MR) is 95.3 cm³/mol. The molecule has 26 heavy (non-hydrogen) atoms. The molecule has 2 aromatic heterocycles. The zero-order valence-electron chi connectivity index (χ0n) is 13.5. The van der Waals surface area contributed by atoms with Crippen LogP contribution < -0.4 is 5.56 Å². The summed E-state index contributed by atoms with van der Waals surface area (Å²) < 4.78 is 14.5. The van der Waals surface area contributed by atoms with Gasteiger partial charge in [-0.25, -0.2) is 9.18 Å². The van der Waals surface area contributed by atoms with Crippen molar-refractivity contribution in [3.8, 4) is 0 Å². The summed E-state index contributed by atoms with van der Waals surface area (Å²) >= 11 is 6.26. The van der Waals surface area contributed by atoms with Gasteiger partial charge in [-0.1, -0.05) is 17.7 Å². The largest absolute Gasteiger partial charge is 0.478 e. The molecule has 3 rings (SSSR count). The van der Waals surface area contributed by atoms with Crippen LogP contribution in [0.15, 0.2) is 53.7 Å². The Balaban J connectivity index is 1.88. The molecule has 0 aliphatic heterocycles. The first kappa shape index (κ1) is 17.8. The van der Waals surface area contributed by atoms with Crippen molar-refractivity contribution >= 4 is 17.6 Å². The van der Waals surface area contributed by atoms with E-state index in [4.69, 9.17) is 16.7 Å². The Morgan fingerprint density at radius 3 is 2.69 bits per heavy atom. The quantitative estimate of drug-likeness (QED) is 0.718. The molecule has 3 aromatic rings. The SMILES string of the molecule is O=C(O)c1cncc(Cc2cc(Cl)c(Cc3ccc[nH]c3=O)cc2F)c1. The van der Waals surface area contributed by atoms with E-state index in [0.717, 1.165) is 0 Å². The number of carboxylic acids is 1. The van der Waals surface area contributed by atoms with Crippen LogP contribution in [0.25, 0.3) is 0 Å². The minimum absolute atomic E-state index is 0.0360. The van der Waals surface area contributed by atoms with Crippen LogP contribution in [0, 0.1) is 5.82 Å². The van der Waals surface area contributed by atoms with Crippen molar-refractivity contribution in [2.75, 3.05) is 0 Å². The molecular formula is C19H14ClFN2O3. The maximum atomic E-state index is 14.5. The second kappa shape index (κ2) is 7.49. The second-order valence-corrected chi connectivity index (χ2v) is 6.21. The molecule has 0 aliphatic rings. The molecule has 0 saturated carbocycles. The topological polar surface area (TPSA) is 83.0 Å². The molecule has 2 heterocycles. The van der Waals surface area contributed by atoms with Gasteiger partial charge >= 0.3 is 5.97 Å². The fourth-order valence-corrected chi connectivity index (χ4v) is 2.88. The smallest absolute Gasteiger partial charge is 0.337 e. The zero-order valence-corrected chi connectivity index (χ0v) is 14.3. The summed E-state index contributed by atoms with van der Waals surface area (Å²) in [5.41, 5.74) is 1.66. The van der Waals surface area contributed by atoms with Gasteiger partial charge in [0.15, 0.2) is 0 Å². The molecule has 132 valence electrons. The van der Waals surface area contributed by atoms with Gasteiger partial charge in [-0.15, -0.1) is 0 Å². The van der Waals surface area contributed by atoms with Crippen LogP contribution >= 0.6 is 11.6 Å². The Labute approximate surface area is 153 Å². The molecule has 0 radical (unpaired) electrons. The van der Waals surface area contributed by atoms with Crippen LogP contribution in [0.2, 0.25) is 5.02 Å². The summed E-state index contributed by atoms with van der Waals surface area (Å²) in [7, 11) is 0. The van der Waals surface area contributed by atoms with Gasteiger partial charge in [0, 0.05) is 42.0 Å². The van der Waals surface area contributed by atoms with Gasteiger partial charge in [-0.3, -0.25) is 9.78 Å². The number of nitrogens with zero attached hydrogens (tertiary/aromatic N) is 1. The van der Waals surface area contributed by atoms with E-state index >= 15 is 0 Å². The highest BCUT2D eigenvalue weighted by Gasteiger charge is 2.12. The van der Waals surface area contributed by atoms with Crippen LogP contribution in [0.5, 0.6) is 0 Å². The summed E-state index contributed by atoms with van der Waals surface area (Å²) in [6.45, 7) is 0. The minimum atomic E-state index is -1.10. The summed E-state index contributed by atoms with van der Waals surface area (Å²) in [4.78, 5) is 29.2. The predicted octanol–water partition coefficient (Wildman–Crippen LogP) is 3.44. The molecule has 0 saturated heterocycles. The summed E-state index contributed by atoms with van der Waals surface area (Å²) in [6, 6.07) is 7.59. The summed E-state index contributed by atoms with van der Waals surface area (Å²) in [5.74, 6) is -1.57. The number of benzene rings is 1. The van der Waals surface area contributed by atoms with Crippen molar-refractivity contribution in [2.24, 2.45) is 0 Å². The molecular weight excluding hydrogens is 359 g/mol. The number of halogens is 2. The molecule has 0 spiro atoms. The van der Waals surface area contributed by atoms with Crippen molar-refractivity contribution in [2.45, 2.75) is 12.8 Å². The molecule has 5 nitrogen and oxygen atoms in total. The van der Waals surface area contributed by atoms with E-state index in [1.165, 1.54) is 36.8 Å². The lowest BCUT2D eigenvalue weighted by atomic mass is 10.00. The van der Waals surface area contributed by atoms with Crippen molar-refractivity contribution in [1.29, 1.82) is 0 Å². The van der Waals surface area contributed by atoms with Crippen LogP contribution in [0.4, 0.5) is 4.39 Å². The fraction of sp³-hybridized carbons (Fsp3) is 0.105. The monoisotopic (exact) mass is 372 g/mol. The van der Waals surface area contributed by atoms with Crippen LogP contribution in [-0.4, -0.2) is 21.0 Å². The number of hydrogen-bond donors (Lipinski definition) is 2. The molecule has 0 fully saturated rings. The molecule has 0 amide bonds. The number of pyridine rings is 2. The van der Waals surface area contributed by atoms with E-state index in [0.29, 0.717) is 27.3 Å². The Morgan fingerprint density at radius 2 is 1.96 bits per heavy atom.